The summed E-state index contributed by atoms with van der Waals surface area (Å²) in [6, 6.07) is 13.1. The molecule has 132 valence electrons. The van der Waals surface area contributed by atoms with E-state index in [1.807, 2.05) is 0 Å². The van der Waals surface area contributed by atoms with Crippen LogP contribution < -0.4 is 20.3 Å². The number of ether oxygens (including phenoxy) is 3. The number of benzene rings is 2. The Hall–Kier alpha value is -3.06. The van der Waals surface area contributed by atoms with Crippen LogP contribution in [0.2, 0.25) is 0 Å². The van der Waals surface area contributed by atoms with E-state index < -0.39 is 11.8 Å². The molecule has 2 amide bonds. The number of methoxy groups -OCH3 is 2. The van der Waals surface area contributed by atoms with Gasteiger partial charge >= 0.3 is 0 Å². The van der Waals surface area contributed by atoms with E-state index in [9.17, 15) is 9.59 Å². The van der Waals surface area contributed by atoms with E-state index in [0.29, 0.717) is 35.8 Å². The van der Waals surface area contributed by atoms with Gasteiger partial charge in [-0.25, -0.2) is 0 Å². The molecule has 7 nitrogen and oxygen atoms in total. The van der Waals surface area contributed by atoms with Gasteiger partial charge in [-0.05, 0) is 48.5 Å². The summed E-state index contributed by atoms with van der Waals surface area (Å²) in [5.74, 6) is 0.435. The molecule has 0 spiro atoms. The van der Waals surface area contributed by atoms with Crippen LogP contribution in [0.1, 0.15) is 20.7 Å². The van der Waals surface area contributed by atoms with Crippen molar-refractivity contribution in [2.24, 2.45) is 0 Å². The van der Waals surface area contributed by atoms with E-state index >= 15 is 0 Å². The summed E-state index contributed by atoms with van der Waals surface area (Å²) in [4.78, 5) is 24.0. The minimum Gasteiger partial charge on any atom is -0.497 e. The second-order valence-electron chi connectivity index (χ2n) is 5.00. The highest BCUT2D eigenvalue weighted by Crippen LogP contribution is 2.12. The lowest BCUT2D eigenvalue weighted by Gasteiger charge is -2.09. The van der Waals surface area contributed by atoms with Gasteiger partial charge in [-0.15, -0.1) is 0 Å². The van der Waals surface area contributed by atoms with Crippen LogP contribution in [0.15, 0.2) is 48.5 Å². The third-order valence-corrected chi connectivity index (χ3v) is 3.31. The molecule has 2 aromatic carbocycles. The second kappa shape index (κ2) is 9.29. The molecular formula is C18H20N2O5. The van der Waals surface area contributed by atoms with Crippen LogP contribution in [0.4, 0.5) is 0 Å². The molecule has 2 rings (SSSR count). The molecule has 0 saturated carbocycles. The van der Waals surface area contributed by atoms with Crippen LogP contribution in [0.25, 0.3) is 0 Å². The Bertz CT molecular complexity index is 698. The highest BCUT2D eigenvalue weighted by molar-refractivity contribution is 5.99. The Balaban J connectivity index is 1.85. The van der Waals surface area contributed by atoms with Crippen molar-refractivity contribution in [2.45, 2.75) is 0 Å². The van der Waals surface area contributed by atoms with Crippen molar-refractivity contribution in [1.82, 2.24) is 10.9 Å². The molecule has 0 aromatic heterocycles. The third-order valence-electron chi connectivity index (χ3n) is 3.31. The minimum atomic E-state index is -0.426. The lowest BCUT2D eigenvalue weighted by atomic mass is 10.2. The molecule has 0 fully saturated rings. The van der Waals surface area contributed by atoms with Crippen LogP contribution in [0, 0.1) is 0 Å². The Morgan fingerprint density at radius 3 is 1.68 bits per heavy atom. The summed E-state index contributed by atoms with van der Waals surface area (Å²) in [7, 11) is 3.14. The fraction of sp³-hybridized carbons (Fsp3) is 0.222. The largest absolute Gasteiger partial charge is 0.497 e. The number of nitrogens with one attached hydrogen (secondary N) is 2. The van der Waals surface area contributed by atoms with Crippen molar-refractivity contribution in [3.05, 3.63) is 59.7 Å². The van der Waals surface area contributed by atoms with Crippen molar-refractivity contribution in [3.8, 4) is 11.5 Å². The first-order valence-corrected chi connectivity index (χ1v) is 7.60. The summed E-state index contributed by atoms with van der Waals surface area (Å²) in [5, 5.41) is 0. The van der Waals surface area contributed by atoms with Gasteiger partial charge in [-0.2, -0.15) is 0 Å². The second-order valence-corrected chi connectivity index (χ2v) is 5.00. The summed E-state index contributed by atoms with van der Waals surface area (Å²) >= 11 is 0. The van der Waals surface area contributed by atoms with Crippen LogP contribution in [0.5, 0.6) is 11.5 Å². The van der Waals surface area contributed by atoms with E-state index in [-0.39, 0.29) is 0 Å². The number of hydrogen-bond acceptors (Lipinski definition) is 5. The molecule has 0 aliphatic carbocycles. The fourth-order valence-electron chi connectivity index (χ4n) is 1.95. The van der Waals surface area contributed by atoms with E-state index in [4.69, 9.17) is 14.2 Å². The fourth-order valence-corrected chi connectivity index (χ4v) is 1.95. The number of amides is 2. The molecule has 2 N–H and O–H groups in total. The third kappa shape index (κ3) is 5.50. The van der Waals surface area contributed by atoms with Crippen LogP contribution >= 0.6 is 0 Å². The topological polar surface area (TPSA) is 85.9 Å². The van der Waals surface area contributed by atoms with Gasteiger partial charge in [0.2, 0.25) is 0 Å². The van der Waals surface area contributed by atoms with Crippen molar-refractivity contribution >= 4 is 11.8 Å². The lowest BCUT2D eigenvalue weighted by Crippen LogP contribution is -2.41. The molecule has 25 heavy (non-hydrogen) atoms. The Kier molecular flexibility index (Phi) is 6.79. The number of hydrazine groups is 1. The normalized spacial score (nSPS) is 10.0. The quantitative estimate of drug-likeness (QED) is 0.591. The summed E-state index contributed by atoms with van der Waals surface area (Å²) in [5.41, 5.74) is 5.53. The average Bonchev–Trinajstić information content (AvgIpc) is 2.66. The molecule has 0 aliphatic heterocycles. The predicted octanol–water partition coefficient (Wildman–Crippen LogP) is 1.80. The molecule has 0 atom stereocenters. The van der Waals surface area contributed by atoms with Crippen LogP contribution in [-0.4, -0.2) is 39.2 Å². The SMILES string of the molecule is COCCOc1ccc(C(=O)NNC(=O)c2ccc(OC)cc2)cc1. The maximum atomic E-state index is 12.0. The first kappa shape index (κ1) is 18.3. The standard InChI is InChI=1S/C18H20N2O5/c1-23-11-12-25-16-9-5-14(6-10-16)18(22)20-19-17(21)13-3-7-15(24-2)8-4-13/h3-10H,11-12H2,1-2H3,(H,19,21)(H,20,22). The van der Waals surface area contributed by atoms with Gasteiger partial charge in [0, 0.05) is 18.2 Å². The molecule has 0 unspecified atom stereocenters. The van der Waals surface area contributed by atoms with E-state index in [1.165, 1.54) is 0 Å². The van der Waals surface area contributed by atoms with Gasteiger partial charge in [0.05, 0.1) is 13.7 Å². The van der Waals surface area contributed by atoms with E-state index in [0.717, 1.165) is 0 Å². The summed E-state index contributed by atoms with van der Waals surface area (Å²) in [6.07, 6.45) is 0. The zero-order chi connectivity index (χ0) is 18.1. The van der Waals surface area contributed by atoms with Gasteiger partial charge in [0.15, 0.2) is 0 Å². The van der Waals surface area contributed by atoms with Crippen molar-refractivity contribution in [1.29, 1.82) is 0 Å². The minimum absolute atomic E-state index is 0.397. The Labute approximate surface area is 145 Å². The Morgan fingerprint density at radius 2 is 1.24 bits per heavy atom. The number of carbonyl (C=O) groups is 2. The monoisotopic (exact) mass is 344 g/mol. The van der Waals surface area contributed by atoms with E-state index in [1.54, 1.807) is 62.8 Å². The van der Waals surface area contributed by atoms with Crippen LogP contribution in [-0.2, 0) is 4.74 Å². The Morgan fingerprint density at radius 1 is 0.760 bits per heavy atom. The van der Waals surface area contributed by atoms with Gasteiger partial charge in [-0.1, -0.05) is 0 Å². The van der Waals surface area contributed by atoms with E-state index in [2.05, 4.69) is 10.9 Å². The summed E-state index contributed by atoms with van der Waals surface area (Å²) < 4.78 is 15.3. The van der Waals surface area contributed by atoms with Crippen molar-refractivity contribution in [2.75, 3.05) is 27.4 Å². The molecule has 0 bridgehead atoms. The maximum absolute atomic E-state index is 12.0. The number of carbonyl (C=O) groups excluding carboxylic acids is 2. The zero-order valence-electron chi connectivity index (χ0n) is 14.1. The van der Waals surface area contributed by atoms with Gasteiger partial charge in [0.1, 0.15) is 18.1 Å². The van der Waals surface area contributed by atoms with Gasteiger partial charge in [0.25, 0.3) is 11.8 Å². The molecular weight excluding hydrogens is 324 g/mol. The molecule has 7 heteroatoms. The van der Waals surface area contributed by atoms with Crippen molar-refractivity contribution in [3.63, 3.8) is 0 Å². The van der Waals surface area contributed by atoms with Crippen LogP contribution in [0.3, 0.4) is 0 Å². The maximum Gasteiger partial charge on any atom is 0.269 e. The zero-order valence-corrected chi connectivity index (χ0v) is 14.1. The smallest absolute Gasteiger partial charge is 0.269 e. The average molecular weight is 344 g/mol. The number of hydrogen-bond donors (Lipinski definition) is 2. The van der Waals surface area contributed by atoms with Crippen molar-refractivity contribution < 1.29 is 23.8 Å². The predicted molar refractivity (Wildman–Crippen MR) is 91.7 cm³/mol. The first-order chi connectivity index (χ1) is 12.1. The van der Waals surface area contributed by atoms with Gasteiger partial charge < -0.3 is 14.2 Å². The molecule has 2 aromatic rings. The highest BCUT2D eigenvalue weighted by Gasteiger charge is 2.09. The molecule has 0 aliphatic rings. The first-order valence-electron chi connectivity index (χ1n) is 7.60. The highest BCUT2D eigenvalue weighted by atomic mass is 16.5. The number of rotatable bonds is 7. The van der Waals surface area contributed by atoms with Gasteiger partial charge in [-0.3, -0.25) is 20.4 Å². The molecule has 0 radical (unpaired) electrons. The lowest BCUT2D eigenvalue weighted by molar-refractivity contribution is 0.0846. The molecule has 0 heterocycles. The summed E-state index contributed by atoms with van der Waals surface area (Å²) in [6.45, 7) is 0.916. The molecule has 0 saturated heterocycles.